The summed E-state index contributed by atoms with van der Waals surface area (Å²) in [6, 6.07) is 9.86. The number of nitriles is 1. The summed E-state index contributed by atoms with van der Waals surface area (Å²) in [7, 11) is 0. The smallest absolute Gasteiger partial charge is 0.0991 e. The van der Waals surface area contributed by atoms with Gasteiger partial charge < -0.3 is 5.32 Å². The molecule has 3 heteroatoms. The minimum absolute atomic E-state index is 0.719. The Hall–Kier alpha value is -1.63. The number of hydrogen-bond acceptors (Lipinski definition) is 3. The van der Waals surface area contributed by atoms with Gasteiger partial charge in [-0.15, -0.1) is 0 Å². The van der Waals surface area contributed by atoms with Gasteiger partial charge in [0.25, 0.3) is 0 Å². The molecular weight excluding hydrogens is 228 g/mol. The molecule has 86 valence electrons. The Morgan fingerprint density at radius 1 is 1.29 bits per heavy atom. The third-order valence-corrected chi connectivity index (χ3v) is 3.57. The predicted octanol–water partition coefficient (Wildman–Crippen LogP) is 3.22. The molecule has 0 amide bonds. The lowest BCUT2D eigenvalue weighted by Gasteiger charge is -2.05. The second-order valence-corrected chi connectivity index (χ2v) is 4.74. The molecule has 17 heavy (non-hydrogen) atoms. The molecule has 0 bridgehead atoms. The summed E-state index contributed by atoms with van der Waals surface area (Å²) in [6.45, 7) is 3.81. The van der Waals surface area contributed by atoms with Crippen LogP contribution < -0.4 is 5.32 Å². The zero-order valence-corrected chi connectivity index (χ0v) is 10.6. The van der Waals surface area contributed by atoms with Crippen molar-refractivity contribution in [3.05, 3.63) is 57.3 Å². The zero-order chi connectivity index (χ0) is 12.1. The summed E-state index contributed by atoms with van der Waals surface area (Å²) in [4.78, 5) is 0. The van der Waals surface area contributed by atoms with E-state index in [1.165, 1.54) is 11.1 Å². The molecule has 1 heterocycles. The van der Waals surface area contributed by atoms with Gasteiger partial charge in [0.2, 0.25) is 0 Å². The molecule has 2 aromatic rings. The summed E-state index contributed by atoms with van der Waals surface area (Å²) >= 11 is 1.74. The van der Waals surface area contributed by atoms with Crippen molar-refractivity contribution in [3.63, 3.8) is 0 Å². The van der Waals surface area contributed by atoms with Gasteiger partial charge >= 0.3 is 0 Å². The topological polar surface area (TPSA) is 35.8 Å². The highest BCUT2D eigenvalue weighted by molar-refractivity contribution is 7.08. The van der Waals surface area contributed by atoms with Crippen molar-refractivity contribution >= 4 is 11.3 Å². The van der Waals surface area contributed by atoms with Crippen molar-refractivity contribution in [1.82, 2.24) is 5.32 Å². The van der Waals surface area contributed by atoms with E-state index in [2.05, 4.69) is 29.1 Å². The van der Waals surface area contributed by atoms with Gasteiger partial charge in [0, 0.05) is 13.1 Å². The Kier molecular flexibility index (Phi) is 3.92. The molecule has 0 aliphatic carbocycles. The van der Waals surface area contributed by atoms with Crippen LogP contribution in [0.1, 0.15) is 22.3 Å². The van der Waals surface area contributed by atoms with Gasteiger partial charge in [0.1, 0.15) is 0 Å². The molecule has 2 nitrogen and oxygen atoms in total. The highest BCUT2D eigenvalue weighted by atomic mass is 32.1. The average Bonchev–Trinajstić information content (AvgIpc) is 2.76. The first-order valence-electron chi connectivity index (χ1n) is 5.51. The molecular formula is C14H14N2S. The second kappa shape index (κ2) is 5.62. The van der Waals surface area contributed by atoms with E-state index in [4.69, 9.17) is 5.26 Å². The molecule has 0 aliphatic heterocycles. The third-order valence-electron chi connectivity index (χ3n) is 2.66. The van der Waals surface area contributed by atoms with E-state index in [1.54, 1.807) is 11.3 Å². The summed E-state index contributed by atoms with van der Waals surface area (Å²) < 4.78 is 0. The summed E-state index contributed by atoms with van der Waals surface area (Å²) in [5.74, 6) is 0. The quantitative estimate of drug-likeness (QED) is 0.893. The van der Waals surface area contributed by atoms with Crippen LogP contribution in [-0.2, 0) is 13.1 Å². The van der Waals surface area contributed by atoms with Gasteiger partial charge in [-0.25, -0.2) is 0 Å². The number of nitrogens with one attached hydrogen (secondary N) is 1. The molecule has 2 rings (SSSR count). The van der Waals surface area contributed by atoms with Crippen molar-refractivity contribution in [2.75, 3.05) is 0 Å². The monoisotopic (exact) mass is 242 g/mol. The number of nitrogens with zero attached hydrogens (tertiary/aromatic N) is 1. The lowest BCUT2D eigenvalue weighted by Crippen LogP contribution is -2.12. The van der Waals surface area contributed by atoms with Crippen molar-refractivity contribution in [2.45, 2.75) is 20.0 Å². The molecule has 0 atom stereocenters. The minimum Gasteiger partial charge on any atom is -0.309 e. The van der Waals surface area contributed by atoms with Gasteiger partial charge in [-0.1, -0.05) is 12.1 Å². The Labute approximate surface area is 106 Å². The molecule has 0 saturated carbocycles. The van der Waals surface area contributed by atoms with E-state index in [0.29, 0.717) is 0 Å². The molecule has 0 radical (unpaired) electrons. The predicted molar refractivity (Wildman–Crippen MR) is 70.8 cm³/mol. The molecule has 1 aromatic carbocycles. The van der Waals surface area contributed by atoms with Crippen LogP contribution in [0, 0.1) is 18.3 Å². The third kappa shape index (κ3) is 3.16. The van der Waals surface area contributed by atoms with Crippen LogP contribution in [0.2, 0.25) is 0 Å². The van der Waals surface area contributed by atoms with Crippen LogP contribution in [0.5, 0.6) is 0 Å². The lowest BCUT2D eigenvalue weighted by molar-refractivity contribution is 0.692. The van der Waals surface area contributed by atoms with E-state index in [-0.39, 0.29) is 0 Å². The minimum atomic E-state index is 0.719. The second-order valence-electron chi connectivity index (χ2n) is 4.00. The molecule has 0 aliphatic rings. The highest BCUT2D eigenvalue weighted by Crippen LogP contribution is 2.13. The van der Waals surface area contributed by atoms with E-state index in [9.17, 15) is 0 Å². The maximum absolute atomic E-state index is 8.81. The van der Waals surface area contributed by atoms with E-state index >= 15 is 0 Å². The Bertz CT molecular complexity index is 537. The average molecular weight is 242 g/mol. The van der Waals surface area contributed by atoms with Crippen LogP contribution in [0.15, 0.2) is 35.0 Å². The van der Waals surface area contributed by atoms with Crippen LogP contribution in [0.25, 0.3) is 0 Å². The van der Waals surface area contributed by atoms with Gasteiger partial charge in [0.15, 0.2) is 0 Å². The molecule has 1 aromatic heterocycles. The van der Waals surface area contributed by atoms with Crippen LogP contribution in [0.4, 0.5) is 0 Å². The number of hydrogen-bond donors (Lipinski definition) is 1. The largest absolute Gasteiger partial charge is 0.309 e. The fourth-order valence-electron chi connectivity index (χ4n) is 1.66. The van der Waals surface area contributed by atoms with Gasteiger partial charge in [-0.05, 0) is 46.5 Å². The Morgan fingerprint density at radius 3 is 2.88 bits per heavy atom. The zero-order valence-electron chi connectivity index (χ0n) is 9.73. The first kappa shape index (κ1) is 11.8. The van der Waals surface area contributed by atoms with Gasteiger partial charge in [-0.2, -0.15) is 16.6 Å². The Balaban J connectivity index is 1.90. The van der Waals surface area contributed by atoms with Gasteiger partial charge in [-0.3, -0.25) is 0 Å². The molecule has 0 spiro atoms. The standard InChI is InChI=1S/C14H14N2S/c1-11-9-17-10-14(11)8-16-7-13-4-2-3-12(5-13)6-15/h2-5,9-10,16H,7-8H2,1H3. The van der Waals surface area contributed by atoms with Gasteiger partial charge in [0.05, 0.1) is 11.6 Å². The highest BCUT2D eigenvalue weighted by Gasteiger charge is 1.99. The lowest BCUT2D eigenvalue weighted by atomic mass is 10.1. The first-order valence-corrected chi connectivity index (χ1v) is 6.45. The van der Waals surface area contributed by atoms with Crippen LogP contribution in [0.3, 0.4) is 0 Å². The maximum atomic E-state index is 8.81. The number of aryl methyl sites for hydroxylation is 1. The van der Waals surface area contributed by atoms with Crippen molar-refractivity contribution in [2.24, 2.45) is 0 Å². The number of thiophene rings is 1. The number of benzene rings is 1. The first-order chi connectivity index (χ1) is 8.29. The maximum Gasteiger partial charge on any atom is 0.0991 e. The van der Waals surface area contributed by atoms with Crippen LogP contribution in [-0.4, -0.2) is 0 Å². The van der Waals surface area contributed by atoms with Crippen molar-refractivity contribution in [1.29, 1.82) is 5.26 Å². The Morgan fingerprint density at radius 2 is 2.18 bits per heavy atom. The van der Waals surface area contributed by atoms with Crippen molar-refractivity contribution in [3.8, 4) is 6.07 Å². The summed E-state index contributed by atoms with van der Waals surface area (Å²) in [5, 5.41) is 16.5. The molecule has 1 N–H and O–H groups in total. The SMILES string of the molecule is Cc1cscc1CNCc1cccc(C#N)c1. The number of rotatable bonds is 4. The fraction of sp³-hybridized carbons (Fsp3) is 0.214. The van der Waals surface area contributed by atoms with E-state index < -0.39 is 0 Å². The van der Waals surface area contributed by atoms with Crippen LogP contribution >= 0.6 is 11.3 Å². The van der Waals surface area contributed by atoms with E-state index in [1.807, 2.05) is 24.3 Å². The normalized spacial score (nSPS) is 10.1. The fourth-order valence-corrected chi connectivity index (χ4v) is 2.52. The summed E-state index contributed by atoms with van der Waals surface area (Å²) in [5.41, 5.74) is 4.56. The summed E-state index contributed by atoms with van der Waals surface area (Å²) in [6.07, 6.45) is 0. The molecule has 0 saturated heterocycles. The van der Waals surface area contributed by atoms with Crippen molar-refractivity contribution < 1.29 is 0 Å². The molecule has 0 fully saturated rings. The molecule has 0 unspecified atom stereocenters. The van der Waals surface area contributed by atoms with E-state index in [0.717, 1.165) is 24.2 Å².